The highest BCUT2D eigenvalue weighted by Gasteiger charge is 2.16. The first-order valence-electron chi connectivity index (χ1n) is 4.68. The van der Waals surface area contributed by atoms with Gasteiger partial charge in [-0.2, -0.15) is 0 Å². The summed E-state index contributed by atoms with van der Waals surface area (Å²) in [5, 5.41) is 0. The summed E-state index contributed by atoms with van der Waals surface area (Å²) in [7, 11) is 0. The zero-order valence-corrected chi connectivity index (χ0v) is 8.41. The van der Waals surface area contributed by atoms with Crippen molar-refractivity contribution in [2.75, 3.05) is 0 Å². The summed E-state index contributed by atoms with van der Waals surface area (Å²) in [6, 6.07) is 3.51. The number of hydrogen-bond donors (Lipinski definition) is 2. The van der Waals surface area contributed by atoms with Crippen molar-refractivity contribution in [3.63, 3.8) is 0 Å². The van der Waals surface area contributed by atoms with Crippen LogP contribution in [0.5, 0.6) is 0 Å². The molecule has 0 saturated heterocycles. The van der Waals surface area contributed by atoms with Crippen LogP contribution in [-0.4, -0.2) is 10.8 Å². The van der Waals surface area contributed by atoms with Crippen molar-refractivity contribution in [2.24, 2.45) is 5.73 Å². The molecule has 0 aliphatic rings. The Hall–Kier alpha value is -1.81. The molecule has 2 rings (SSSR count). The molecule has 0 aromatic carbocycles. The molecule has 2 aromatic rings. The van der Waals surface area contributed by atoms with Crippen LogP contribution in [0.1, 0.15) is 27.4 Å². The predicted octanol–water partition coefficient (Wildman–Crippen LogP) is 1.61. The number of aryl methyl sites for hydroxylation is 1. The van der Waals surface area contributed by atoms with E-state index >= 15 is 0 Å². The first kappa shape index (κ1) is 9.73. The Kier molecular flexibility index (Phi) is 2.43. The van der Waals surface area contributed by atoms with Crippen molar-refractivity contribution in [3.8, 4) is 0 Å². The van der Waals surface area contributed by atoms with Gasteiger partial charge in [0.25, 0.3) is 0 Å². The standard InChI is InChI=1S/C11H12N2O2/c1-7-2-3-15-11(7)10(14)8-4-9(5-12)13-6-8/h2-4,6,13H,5,12H2,1H3. The molecule has 0 aliphatic heterocycles. The first-order chi connectivity index (χ1) is 7.22. The number of furan rings is 1. The van der Waals surface area contributed by atoms with Gasteiger partial charge in [-0.3, -0.25) is 4.79 Å². The summed E-state index contributed by atoms with van der Waals surface area (Å²) < 4.78 is 5.13. The monoisotopic (exact) mass is 204 g/mol. The van der Waals surface area contributed by atoms with Crippen molar-refractivity contribution in [1.29, 1.82) is 0 Å². The summed E-state index contributed by atoms with van der Waals surface area (Å²) in [5.41, 5.74) is 7.70. The summed E-state index contributed by atoms with van der Waals surface area (Å²) in [4.78, 5) is 14.8. The molecule has 0 saturated carbocycles. The van der Waals surface area contributed by atoms with Crippen LogP contribution in [0.2, 0.25) is 0 Å². The van der Waals surface area contributed by atoms with Crippen LogP contribution < -0.4 is 5.73 Å². The van der Waals surface area contributed by atoms with Crippen molar-refractivity contribution < 1.29 is 9.21 Å². The van der Waals surface area contributed by atoms with Crippen LogP contribution in [0.15, 0.2) is 29.0 Å². The Labute approximate surface area is 87.1 Å². The molecule has 0 atom stereocenters. The zero-order chi connectivity index (χ0) is 10.8. The van der Waals surface area contributed by atoms with Crippen molar-refractivity contribution in [2.45, 2.75) is 13.5 Å². The van der Waals surface area contributed by atoms with Gasteiger partial charge in [-0.1, -0.05) is 0 Å². The molecule has 2 heterocycles. The molecule has 0 radical (unpaired) electrons. The van der Waals surface area contributed by atoms with E-state index in [0.29, 0.717) is 17.9 Å². The number of aromatic amines is 1. The quantitative estimate of drug-likeness (QED) is 0.746. The van der Waals surface area contributed by atoms with Crippen molar-refractivity contribution in [1.82, 2.24) is 4.98 Å². The van der Waals surface area contributed by atoms with E-state index in [2.05, 4.69) is 4.98 Å². The third-order valence-corrected chi connectivity index (χ3v) is 2.29. The maximum Gasteiger partial charge on any atom is 0.229 e. The van der Waals surface area contributed by atoms with Crippen LogP contribution in [0.25, 0.3) is 0 Å². The normalized spacial score (nSPS) is 10.5. The highest BCUT2D eigenvalue weighted by atomic mass is 16.3. The number of nitrogens with one attached hydrogen (secondary N) is 1. The Morgan fingerprint density at radius 3 is 2.93 bits per heavy atom. The lowest BCUT2D eigenvalue weighted by Gasteiger charge is -1.94. The van der Waals surface area contributed by atoms with E-state index < -0.39 is 0 Å². The van der Waals surface area contributed by atoms with Gasteiger partial charge in [0.05, 0.1) is 6.26 Å². The number of rotatable bonds is 3. The fraction of sp³-hybridized carbons (Fsp3) is 0.182. The third kappa shape index (κ3) is 1.71. The first-order valence-corrected chi connectivity index (χ1v) is 4.68. The fourth-order valence-corrected chi connectivity index (χ4v) is 1.43. The van der Waals surface area contributed by atoms with Gasteiger partial charge in [0.2, 0.25) is 5.78 Å². The van der Waals surface area contributed by atoms with E-state index in [1.54, 1.807) is 18.3 Å². The van der Waals surface area contributed by atoms with E-state index in [1.807, 2.05) is 6.92 Å². The summed E-state index contributed by atoms with van der Waals surface area (Å²) in [6.45, 7) is 2.23. The Balaban J connectivity index is 2.32. The maximum atomic E-state index is 11.9. The Morgan fingerprint density at radius 1 is 1.60 bits per heavy atom. The molecule has 0 unspecified atom stereocenters. The lowest BCUT2D eigenvalue weighted by atomic mass is 10.1. The second-order valence-corrected chi connectivity index (χ2v) is 3.38. The number of hydrogen-bond acceptors (Lipinski definition) is 3. The molecule has 4 nitrogen and oxygen atoms in total. The molecule has 15 heavy (non-hydrogen) atoms. The van der Waals surface area contributed by atoms with Crippen LogP contribution in [0, 0.1) is 6.92 Å². The molecule has 4 heteroatoms. The second-order valence-electron chi connectivity index (χ2n) is 3.38. The van der Waals surface area contributed by atoms with E-state index in [0.717, 1.165) is 11.3 Å². The van der Waals surface area contributed by atoms with Crippen LogP contribution in [0.4, 0.5) is 0 Å². The average molecular weight is 204 g/mol. The van der Waals surface area contributed by atoms with E-state index in [-0.39, 0.29) is 5.78 Å². The van der Waals surface area contributed by atoms with Crippen molar-refractivity contribution >= 4 is 5.78 Å². The van der Waals surface area contributed by atoms with Gasteiger partial charge in [-0.25, -0.2) is 0 Å². The van der Waals surface area contributed by atoms with Crippen LogP contribution in [0.3, 0.4) is 0 Å². The number of carbonyl (C=O) groups is 1. The second kappa shape index (κ2) is 3.74. The number of ketones is 1. The molecule has 3 N–H and O–H groups in total. The predicted molar refractivity (Wildman–Crippen MR) is 55.6 cm³/mol. The number of carbonyl (C=O) groups excluding carboxylic acids is 1. The van der Waals surface area contributed by atoms with Gasteiger partial charge in [-0.15, -0.1) is 0 Å². The largest absolute Gasteiger partial charge is 0.461 e. The van der Waals surface area contributed by atoms with Crippen LogP contribution >= 0.6 is 0 Å². The van der Waals surface area contributed by atoms with E-state index in [1.165, 1.54) is 6.26 Å². The molecule has 0 amide bonds. The Bertz CT molecular complexity index is 482. The molecular formula is C11H12N2O2. The van der Waals surface area contributed by atoms with Gasteiger partial charge < -0.3 is 15.1 Å². The molecular weight excluding hydrogens is 192 g/mol. The summed E-state index contributed by atoms with van der Waals surface area (Å²) in [5.74, 6) is 0.269. The van der Waals surface area contributed by atoms with Gasteiger partial charge in [-0.05, 0) is 24.6 Å². The lowest BCUT2D eigenvalue weighted by molar-refractivity contribution is 0.101. The zero-order valence-electron chi connectivity index (χ0n) is 8.41. The molecule has 0 fully saturated rings. The van der Waals surface area contributed by atoms with E-state index in [9.17, 15) is 4.79 Å². The molecule has 0 bridgehead atoms. The fourth-order valence-electron chi connectivity index (χ4n) is 1.43. The highest BCUT2D eigenvalue weighted by Crippen LogP contribution is 2.15. The minimum absolute atomic E-state index is 0.117. The number of nitrogens with two attached hydrogens (primary N) is 1. The smallest absolute Gasteiger partial charge is 0.229 e. The molecule has 0 spiro atoms. The van der Waals surface area contributed by atoms with Crippen molar-refractivity contribution in [3.05, 3.63) is 47.2 Å². The van der Waals surface area contributed by atoms with Gasteiger partial charge in [0.1, 0.15) is 0 Å². The Morgan fingerprint density at radius 2 is 2.40 bits per heavy atom. The topological polar surface area (TPSA) is 72.0 Å². The lowest BCUT2D eigenvalue weighted by Crippen LogP contribution is -2.00. The minimum atomic E-state index is -0.117. The van der Waals surface area contributed by atoms with Crippen LogP contribution in [-0.2, 0) is 6.54 Å². The van der Waals surface area contributed by atoms with Gasteiger partial charge in [0, 0.05) is 24.0 Å². The van der Waals surface area contributed by atoms with Gasteiger partial charge in [0.15, 0.2) is 5.76 Å². The molecule has 2 aromatic heterocycles. The molecule has 78 valence electrons. The van der Waals surface area contributed by atoms with E-state index in [4.69, 9.17) is 10.2 Å². The SMILES string of the molecule is Cc1ccoc1C(=O)c1c[nH]c(CN)c1. The molecule has 0 aliphatic carbocycles. The van der Waals surface area contributed by atoms with Gasteiger partial charge >= 0.3 is 0 Å². The number of aromatic nitrogens is 1. The summed E-state index contributed by atoms with van der Waals surface area (Å²) >= 11 is 0. The highest BCUT2D eigenvalue weighted by molar-refractivity contribution is 6.07. The third-order valence-electron chi connectivity index (χ3n) is 2.29. The average Bonchev–Trinajstić information content (AvgIpc) is 2.84. The number of H-pyrrole nitrogens is 1. The maximum absolute atomic E-state index is 11.9. The summed E-state index contributed by atoms with van der Waals surface area (Å²) in [6.07, 6.45) is 3.16. The minimum Gasteiger partial charge on any atom is -0.461 e.